The first kappa shape index (κ1) is 19.0. The molecule has 0 aromatic rings. The van der Waals surface area contributed by atoms with Crippen LogP contribution in [0.15, 0.2) is 0 Å². The highest BCUT2D eigenvalue weighted by atomic mass is 19.4. The second kappa shape index (κ2) is 8.18. The normalized spacial score (nSPS) is 25.4. The van der Waals surface area contributed by atoms with Crippen LogP contribution in [0, 0.1) is 5.92 Å². The van der Waals surface area contributed by atoms with Crippen LogP contribution in [-0.4, -0.2) is 66.6 Å². The average Bonchev–Trinajstić information content (AvgIpc) is 2.58. The Balaban J connectivity index is 1.95. The molecule has 5 nitrogen and oxygen atoms in total. The van der Waals surface area contributed by atoms with Crippen LogP contribution < -0.4 is 5.32 Å². The number of hydrogen-bond donors (Lipinski definition) is 1. The largest absolute Gasteiger partial charge is 0.406 e. The highest BCUT2D eigenvalue weighted by molar-refractivity contribution is 5.84. The molecule has 2 saturated heterocycles. The zero-order chi connectivity index (χ0) is 17.7. The summed E-state index contributed by atoms with van der Waals surface area (Å²) in [5.74, 6) is -1.05. The fraction of sp³-hybridized carbons (Fsp3) is 0.875. The molecule has 0 spiro atoms. The van der Waals surface area contributed by atoms with Crippen molar-refractivity contribution < 1.29 is 22.8 Å². The Morgan fingerprint density at radius 1 is 1.21 bits per heavy atom. The van der Waals surface area contributed by atoms with Gasteiger partial charge in [-0.05, 0) is 39.2 Å². The minimum atomic E-state index is -4.40. The molecule has 24 heavy (non-hydrogen) atoms. The number of carbonyl (C=O) groups is 2. The zero-order valence-electron chi connectivity index (χ0n) is 14.1. The first-order valence-electron chi connectivity index (χ1n) is 8.69. The van der Waals surface area contributed by atoms with Gasteiger partial charge in [0.25, 0.3) is 0 Å². The third kappa shape index (κ3) is 5.09. The lowest BCUT2D eigenvalue weighted by Crippen LogP contribution is -2.53. The smallest absolute Gasteiger partial charge is 0.341 e. The van der Waals surface area contributed by atoms with E-state index in [1.807, 2.05) is 0 Å². The Kier molecular flexibility index (Phi) is 6.48. The molecular formula is C16H26F3N3O2. The molecule has 0 aliphatic carbocycles. The highest BCUT2D eigenvalue weighted by Gasteiger charge is 2.37. The Morgan fingerprint density at radius 3 is 2.54 bits per heavy atom. The van der Waals surface area contributed by atoms with E-state index in [0.29, 0.717) is 19.4 Å². The number of piperidine rings is 2. The van der Waals surface area contributed by atoms with E-state index in [4.69, 9.17) is 0 Å². The topological polar surface area (TPSA) is 52.7 Å². The van der Waals surface area contributed by atoms with Crippen molar-refractivity contribution in [3.05, 3.63) is 0 Å². The van der Waals surface area contributed by atoms with Crippen molar-refractivity contribution in [2.45, 2.75) is 51.2 Å². The monoisotopic (exact) mass is 349 g/mol. The molecule has 1 N–H and O–H groups in total. The third-order valence-electron chi connectivity index (χ3n) is 4.75. The molecule has 0 radical (unpaired) electrons. The van der Waals surface area contributed by atoms with E-state index in [2.05, 4.69) is 5.32 Å². The van der Waals surface area contributed by atoms with Crippen molar-refractivity contribution in [2.24, 2.45) is 5.92 Å². The number of nitrogens with one attached hydrogen (secondary N) is 1. The molecule has 2 fully saturated rings. The number of amides is 2. The molecule has 0 aromatic heterocycles. The van der Waals surface area contributed by atoms with Crippen LogP contribution in [0.4, 0.5) is 13.2 Å². The summed E-state index contributed by atoms with van der Waals surface area (Å²) < 4.78 is 37.8. The number of carbonyl (C=O) groups excluding carboxylic acids is 2. The summed E-state index contributed by atoms with van der Waals surface area (Å²) >= 11 is 0. The van der Waals surface area contributed by atoms with E-state index in [0.717, 1.165) is 30.7 Å². The van der Waals surface area contributed by atoms with Gasteiger partial charge in [0.1, 0.15) is 6.54 Å². The third-order valence-corrected chi connectivity index (χ3v) is 4.75. The van der Waals surface area contributed by atoms with E-state index < -0.39 is 24.5 Å². The van der Waals surface area contributed by atoms with Crippen LogP contribution in [-0.2, 0) is 9.59 Å². The first-order chi connectivity index (χ1) is 11.3. The van der Waals surface area contributed by atoms with Gasteiger partial charge < -0.3 is 15.1 Å². The summed E-state index contributed by atoms with van der Waals surface area (Å²) in [6.45, 7) is 1.95. The summed E-state index contributed by atoms with van der Waals surface area (Å²) in [6.07, 6.45) is -0.388. The fourth-order valence-corrected chi connectivity index (χ4v) is 3.48. The second-order valence-electron chi connectivity index (χ2n) is 6.59. The van der Waals surface area contributed by atoms with Crippen molar-refractivity contribution in [3.8, 4) is 0 Å². The molecular weight excluding hydrogens is 323 g/mol. The predicted octanol–water partition coefficient (Wildman–Crippen LogP) is 1.78. The quantitative estimate of drug-likeness (QED) is 0.842. The molecule has 0 aromatic carbocycles. The Labute approximate surface area is 140 Å². The minimum absolute atomic E-state index is 0.0208. The number of halogens is 3. The Bertz CT molecular complexity index is 450. The maximum absolute atomic E-state index is 12.6. The van der Waals surface area contributed by atoms with Crippen molar-refractivity contribution in [1.29, 1.82) is 0 Å². The van der Waals surface area contributed by atoms with Crippen LogP contribution >= 0.6 is 0 Å². The van der Waals surface area contributed by atoms with Crippen molar-refractivity contribution >= 4 is 11.8 Å². The van der Waals surface area contributed by atoms with E-state index >= 15 is 0 Å². The minimum Gasteiger partial charge on any atom is -0.341 e. The average molecular weight is 349 g/mol. The first-order valence-corrected chi connectivity index (χ1v) is 8.69. The predicted molar refractivity (Wildman–Crippen MR) is 83.3 cm³/mol. The fourth-order valence-electron chi connectivity index (χ4n) is 3.48. The van der Waals surface area contributed by atoms with E-state index in [1.165, 1.54) is 0 Å². The molecule has 2 amide bonds. The maximum atomic E-state index is 12.6. The molecule has 0 bridgehead atoms. The molecule has 2 aliphatic rings. The molecule has 0 saturated carbocycles. The summed E-state index contributed by atoms with van der Waals surface area (Å²) in [5, 5.41) is 3.19. The van der Waals surface area contributed by atoms with E-state index in [-0.39, 0.29) is 25.0 Å². The van der Waals surface area contributed by atoms with Crippen molar-refractivity contribution in [2.75, 3.05) is 32.7 Å². The van der Waals surface area contributed by atoms with Gasteiger partial charge in [0.05, 0.1) is 12.0 Å². The second-order valence-corrected chi connectivity index (χ2v) is 6.59. The number of nitrogens with zero attached hydrogens (tertiary/aromatic N) is 2. The zero-order valence-corrected chi connectivity index (χ0v) is 14.1. The standard InChI is InChI=1S/C16H26F3N3O2/c1-2-21(11-16(17,18)19)14(23)12-6-5-9-22(10-12)15(24)13-7-3-4-8-20-13/h12-13,20H,2-11H2,1H3/t12?,13-/m0/s1. The van der Waals surface area contributed by atoms with Gasteiger partial charge in [-0.3, -0.25) is 9.59 Å². The lowest BCUT2D eigenvalue weighted by molar-refractivity contribution is -0.165. The summed E-state index contributed by atoms with van der Waals surface area (Å²) in [6, 6.07) is -0.218. The summed E-state index contributed by atoms with van der Waals surface area (Å²) in [5.41, 5.74) is 0. The maximum Gasteiger partial charge on any atom is 0.406 e. The highest BCUT2D eigenvalue weighted by Crippen LogP contribution is 2.23. The van der Waals surface area contributed by atoms with Crippen LogP contribution in [0.1, 0.15) is 39.0 Å². The van der Waals surface area contributed by atoms with E-state index in [1.54, 1.807) is 11.8 Å². The van der Waals surface area contributed by atoms with Crippen molar-refractivity contribution in [3.63, 3.8) is 0 Å². The van der Waals surface area contributed by atoms with Gasteiger partial charge in [-0.15, -0.1) is 0 Å². The van der Waals surface area contributed by atoms with Gasteiger partial charge >= 0.3 is 6.18 Å². The number of hydrogen-bond acceptors (Lipinski definition) is 3. The summed E-state index contributed by atoms with van der Waals surface area (Å²) in [7, 11) is 0. The van der Waals surface area contributed by atoms with Gasteiger partial charge in [0, 0.05) is 19.6 Å². The summed E-state index contributed by atoms with van der Waals surface area (Å²) in [4.78, 5) is 27.5. The molecule has 2 heterocycles. The van der Waals surface area contributed by atoms with E-state index in [9.17, 15) is 22.8 Å². The van der Waals surface area contributed by atoms with Gasteiger partial charge in [0.15, 0.2) is 0 Å². The number of alkyl halides is 3. The molecule has 8 heteroatoms. The Hall–Kier alpha value is -1.31. The molecule has 2 rings (SSSR count). The molecule has 1 unspecified atom stereocenters. The molecule has 138 valence electrons. The van der Waals surface area contributed by atoms with Crippen LogP contribution in [0.3, 0.4) is 0 Å². The number of rotatable bonds is 4. The molecule has 2 atom stereocenters. The Morgan fingerprint density at radius 2 is 1.96 bits per heavy atom. The molecule has 2 aliphatic heterocycles. The van der Waals surface area contributed by atoms with Gasteiger partial charge in [-0.25, -0.2) is 0 Å². The SMILES string of the molecule is CCN(CC(F)(F)F)C(=O)C1CCCN(C(=O)[C@@H]2CCCCN2)C1. The van der Waals surface area contributed by atoms with Crippen molar-refractivity contribution in [1.82, 2.24) is 15.1 Å². The van der Waals surface area contributed by atoms with Crippen LogP contribution in [0.2, 0.25) is 0 Å². The lowest BCUT2D eigenvalue weighted by Gasteiger charge is -2.37. The van der Waals surface area contributed by atoms with Gasteiger partial charge in [-0.1, -0.05) is 6.42 Å². The lowest BCUT2D eigenvalue weighted by atomic mass is 9.95. The van der Waals surface area contributed by atoms with Crippen LogP contribution in [0.5, 0.6) is 0 Å². The van der Waals surface area contributed by atoms with Gasteiger partial charge in [-0.2, -0.15) is 13.2 Å². The van der Waals surface area contributed by atoms with Crippen LogP contribution in [0.25, 0.3) is 0 Å². The number of likely N-dealkylation sites (tertiary alicyclic amines) is 1. The van der Waals surface area contributed by atoms with Gasteiger partial charge in [0.2, 0.25) is 11.8 Å².